The fourth-order valence-corrected chi connectivity index (χ4v) is 3.77. The van der Waals surface area contributed by atoms with E-state index in [1.807, 2.05) is 0 Å². The minimum atomic E-state index is 0.768. The van der Waals surface area contributed by atoms with Gasteiger partial charge in [-0.3, -0.25) is 0 Å². The summed E-state index contributed by atoms with van der Waals surface area (Å²) in [5.74, 6) is 0. The molecule has 1 nitrogen and oxygen atoms in total. The SMILES string of the molecule is CCCCN(CC)CC1Cc2ccccc2S1. The van der Waals surface area contributed by atoms with Gasteiger partial charge >= 0.3 is 0 Å². The van der Waals surface area contributed by atoms with Crippen LogP contribution < -0.4 is 0 Å². The van der Waals surface area contributed by atoms with Gasteiger partial charge in [-0.15, -0.1) is 11.8 Å². The molecule has 1 atom stereocenters. The van der Waals surface area contributed by atoms with E-state index in [0.717, 1.165) is 5.25 Å². The van der Waals surface area contributed by atoms with Gasteiger partial charge in [0.15, 0.2) is 0 Å². The van der Waals surface area contributed by atoms with Gasteiger partial charge in [-0.05, 0) is 37.6 Å². The van der Waals surface area contributed by atoms with E-state index in [9.17, 15) is 0 Å². The highest BCUT2D eigenvalue weighted by molar-refractivity contribution is 8.00. The first-order valence-electron chi connectivity index (χ1n) is 6.80. The van der Waals surface area contributed by atoms with Crippen LogP contribution in [0.2, 0.25) is 0 Å². The second-order valence-electron chi connectivity index (χ2n) is 4.80. The van der Waals surface area contributed by atoms with Crippen LogP contribution in [0.1, 0.15) is 32.3 Å². The molecule has 0 saturated carbocycles. The van der Waals surface area contributed by atoms with Gasteiger partial charge in [-0.2, -0.15) is 0 Å². The lowest BCUT2D eigenvalue weighted by Crippen LogP contribution is -2.31. The highest BCUT2D eigenvalue weighted by atomic mass is 32.2. The molecular formula is C15H23NS. The van der Waals surface area contributed by atoms with Crippen molar-refractivity contribution in [2.75, 3.05) is 19.6 Å². The van der Waals surface area contributed by atoms with Crippen molar-refractivity contribution in [1.82, 2.24) is 4.90 Å². The van der Waals surface area contributed by atoms with Crippen molar-refractivity contribution in [1.29, 1.82) is 0 Å². The zero-order valence-electron chi connectivity index (χ0n) is 11.0. The first-order chi connectivity index (χ1) is 8.33. The molecule has 0 saturated heterocycles. The van der Waals surface area contributed by atoms with Gasteiger partial charge in [0.25, 0.3) is 0 Å². The maximum atomic E-state index is 2.60. The molecule has 2 rings (SSSR count). The topological polar surface area (TPSA) is 3.24 Å². The third-order valence-corrected chi connectivity index (χ3v) is 4.75. The molecule has 1 heterocycles. The lowest BCUT2D eigenvalue weighted by Gasteiger charge is -2.23. The molecule has 1 unspecified atom stereocenters. The Balaban J connectivity index is 1.85. The van der Waals surface area contributed by atoms with E-state index >= 15 is 0 Å². The Bertz CT molecular complexity index is 326. The molecule has 1 aromatic rings. The van der Waals surface area contributed by atoms with Crippen molar-refractivity contribution in [3.8, 4) is 0 Å². The first-order valence-corrected chi connectivity index (χ1v) is 7.68. The van der Waals surface area contributed by atoms with E-state index in [0.29, 0.717) is 0 Å². The highest BCUT2D eigenvalue weighted by Gasteiger charge is 2.23. The summed E-state index contributed by atoms with van der Waals surface area (Å²) in [7, 11) is 0. The van der Waals surface area contributed by atoms with Crippen molar-refractivity contribution in [3.63, 3.8) is 0 Å². The third kappa shape index (κ3) is 3.49. The Hall–Kier alpha value is -0.470. The van der Waals surface area contributed by atoms with Crippen molar-refractivity contribution in [2.45, 2.75) is 43.3 Å². The van der Waals surface area contributed by atoms with E-state index in [1.165, 1.54) is 43.8 Å². The number of rotatable bonds is 6. The van der Waals surface area contributed by atoms with Gasteiger partial charge in [0.05, 0.1) is 0 Å². The van der Waals surface area contributed by atoms with Gasteiger partial charge in [-0.25, -0.2) is 0 Å². The molecule has 1 aliphatic rings. The number of nitrogens with zero attached hydrogens (tertiary/aromatic N) is 1. The second kappa shape index (κ2) is 6.46. The fourth-order valence-electron chi connectivity index (χ4n) is 2.40. The predicted octanol–water partition coefficient (Wildman–Crippen LogP) is 3.83. The molecule has 1 aliphatic heterocycles. The molecule has 0 aliphatic carbocycles. The summed E-state index contributed by atoms with van der Waals surface area (Å²) in [6, 6.07) is 8.87. The molecule has 0 bridgehead atoms. The first kappa shape index (κ1) is 13.0. The summed E-state index contributed by atoms with van der Waals surface area (Å²) in [6.07, 6.45) is 3.89. The summed E-state index contributed by atoms with van der Waals surface area (Å²) in [5.41, 5.74) is 1.55. The molecule has 0 radical (unpaired) electrons. The Morgan fingerprint density at radius 3 is 2.82 bits per heavy atom. The predicted molar refractivity (Wildman–Crippen MR) is 76.8 cm³/mol. The second-order valence-corrected chi connectivity index (χ2v) is 6.14. The quantitative estimate of drug-likeness (QED) is 0.754. The van der Waals surface area contributed by atoms with Gasteiger partial charge in [0.2, 0.25) is 0 Å². The molecule has 17 heavy (non-hydrogen) atoms. The summed E-state index contributed by atoms with van der Waals surface area (Å²) in [4.78, 5) is 4.11. The van der Waals surface area contributed by atoms with E-state index < -0.39 is 0 Å². The van der Waals surface area contributed by atoms with Crippen LogP contribution in [-0.4, -0.2) is 29.8 Å². The summed E-state index contributed by atoms with van der Waals surface area (Å²) in [5, 5.41) is 0.768. The average Bonchev–Trinajstić information content (AvgIpc) is 2.76. The van der Waals surface area contributed by atoms with E-state index in [-0.39, 0.29) is 0 Å². The minimum Gasteiger partial charge on any atom is -0.302 e. The number of thioether (sulfide) groups is 1. The van der Waals surface area contributed by atoms with Crippen LogP contribution >= 0.6 is 11.8 Å². The van der Waals surface area contributed by atoms with Crippen molar-refractivity contribution in [3.05, 3.63) is 29.8 Å². The largest absolute Gasteiger partial charge is 0.302 e. The van der Waals surface area contributed by atoms with Gasteiger partial charge in [0.1, 0.15) is 0 Å². The maximum absolute atomic E-state index is 2.60. The van der Waals surface area contributed by atoms with E-state index in [2.05, 4.69) is 54.8 Å². The summed E-state index contributed by atoms with van der Waals surface area (Å²) >= 11 is 2.07. The zero-order chi connectivity index (χ0) is 12.1. The van der Waals surface area contributed by atoms with Crippen molar-refractivity contribution >= 4 is 11.8 Å². The minimum absolute atomic E-state index is 0.768. The van der Waals surface area contributed by atoms with E-state index in [4.69, 9.17) is 0 Å². The van der Waals surface area contributed by atoms with Gasteiger partial charge in [-0.1, -0.05) is 38.5 Å². The molecule has 94 valence electrons. The Morgan fingerprint density at radius 1 is 1.29 bits per heavy atom. The smallest absolute Gasteiger partial charge is 0.0263 e. The Kier molecular flexibility index (Phi) is 4.93. The molecule has 0 aromatic heterocycles. The number of hydrogen-bond donors (Lipinski definition) is 0. The Labute approximate surface area is 110 Å². The lowest BCUT2D eigenvalue weighted by molar-refractivity contribution is 0.284. The normalized spacial score (nSPS) is 18.6. The molecule has 2 heteroatoms. The van der Waals surface area contributed by atoms with Crippen molar-refractivity contribution in [2.24, 2.45) is 0 Å². The number of hydrogen-bond acceptors (Lipinski definition) is 2. The summed E-state index contributed by atoms with van der Waals surface area (Å²) in [6.45, 7) is 8.25. The van der Waals surface area contributed by atoms with Gasteiger partial charge < -0.3 is 4.90 Å². The fraction of sp³-hybridized carbons (Fsp3) is 0.600. The van der Waals surface area contributed by atoms with Crippen LogP contribution in [0.5, 0.6) is 0 Å². The van der Waals surface area contributed by atoms with Crippen LogP contribution in [-0.2, 0) is 6.42 Å². The molecular weight excluding hydrogens is 226 g/mol. The summed E-state index contributed by atoms with van der Waals surface area (Å²) < 4.78 is 0. The molecule has 0 N–H and O–H groups in total. The maximum Gasteiger partial charge on any atom is 0.0263 e. The zero-order valence-corrected chi connectivity index (χ0v) is 11.8. The monoisotopic (exact) mass is 249 g/mol. The van der Waals surface area contributed by atoms with Crippen molar-refractivity contribution < 1.29 is 0 Å². The molecule has 0 fully saturated rings. The molecule has 1 aromatic carbocycles. The molecule has 0 spiro atoms. The number of unbranched alkanes of at least 4 members (excludes halogenated alkanes) is 1. The Morgan fingerprint density at radius 2 is 2.12 bits per heavy atom. The van der Waals surface area contributed by atoms with Gasteiger partial charge in [0, 0.05) is 16.7 Å². The van der Waals surface area contributed by atoms with Crippen LogP contribution in [0.3, 0.4) is 0 Å². The van der Waals surface area contributed by atoms with Crippen LogP contribution in [0, 0.1) is 0 Å². The number of fused-ring (bicyclic) bond motifs is 1. The average molecular weight is 249 g/mol. The third-order valence-electron chi connectivity index (χ3n) is 3.45. The van der Waals surface area contributed by atoms with Crippen LogP contribution in [0.15, 0.2) is 29.2 Å². The van der Waals surface area contributed by atoms with Crippen LogP contribution in [0.4, 0.5) is 0 Å². The van der Waals surface area contributed by atoms with E-state index in [1.54, 1.807) is 5.56 Å². The molecule has 0 amide bonds. The number of benzene rings is 1. The standard InChI is InChI=1S/C15H23NS/c1-3-5-10-16(4-2)12-14-11-13-8-6-7-9-15(13)17-14/h6-9,14H,3-5,10-12H2,1-2H3. The van der Waals surface area contributed by atoms with Crippen LogP contribution in [0.25, 0.3) is 0 Å². The lowest BCUT2D eigenvalue weighted by atomic mass is 10.1. The highest BCUT2D eigenvalue weighted by Crippen LogP contribution is 2.36.